The summed E-state index contributed by atoms with van der Waals surface area (Å²) in [7, 11) is 0. The van der Waals surface area contributed by atoms with Crippen LogP contribution in [0.15, 0.2) is 35.7 Å². The monoisotopic (exact) mass is 281 g/mol. The van der Waals surface area contributed by atoms with Crippen LogP contribution in [-0.2, 0) is 6.42 Å². The highest BCUT2D eigenvalue weighted by Crippen LogP contribution is 2.21. The highest BCUT2D eigenvalue weighted by atomic mass is 32.1. The summed E-state index contributed by atoms with van der Waals surface area (Å²) in [4.78, 5) is 1.27. The molecule has 0 spiro atoms. The molecule has 2 unspecified atom stereocenters. The Bertz CT molecular complexity index is 505. The van der Waals surface area contributed by atoms with Crippen LogP contribution in [0, 0.1) is 11.6 Å². The Morgan fingerprint density at radius 3 is 2.37 bits per heavy atom. The first-order valence-electron chi connectivity index (χ1n) is 6.30. The van der Waals surface area contributed by atoms with Crippen LogP contribution < -0.4 is 5.32 Å². The van der Waals surface area contributed by atoms with Crippen molar-refractivity contribution in [1.82, 2.24) is 5.32 Å². The molecule has 1 N–H and O–H groups in total. The van der Waals surface area contributed by atoms with Crippen molar-refractivity contribution in [3.05, 3.63) is 57.8 Å². The highest BCUT2D eigenvalue weighted by molar-refractivity contribution is 7.09. The molecule has 0 saturated heterocycles. The summed E-state index contributed by atoms with van der Waals surface area (Å²) in [5.41, 5.74) is 0.112. The van der Waals surface area contributed by atoms with Gasteiger partial charge in [0.15, 0.2) is 0 Å². The van der Waals surface area contributed by atoms with Gasteiger partial charge in [-0.25, -0.2) is 8.78 Å². The zero-order chi connectivity index (χ0) is 13.8. The van der Waals surface area contributed by atoms with Crippen LogP contribution in [0.25, 0.3) is 0 Å². The lowest BCUT2D eigenvalue weighted by molar-refractivity contribution is 0.441. The van der Waals surface area contributed by atoms with Crippen molar-refractivity contribution in [2.75, 3.05) is 0 Å². The van der Waals surface area contributed by atoms with E-state index in [9.17, 15) is 8.78 Å². The number of thiophene rings is 1. The Balaban J connectivity index is 2.02. The molecule has 0 aliphatic rings. The molecular weight excluding hydrogens is 264 g/mol. The number of halogens is 2. The van der Waals surface area contributed by atoms with Crippen molar-refractivity contribution in [1.29, 1.82) is 0 Å². The lowest BCUT2D eigenvalue weighted by Gasteiger charge is -2.20. The molecule has 0 amide bonds. The summed E-state index contributed by atoms with van der Waals surface area (Å²) in [6.45, 7) is 3.81. The number of hydrogen-bond acceptors (Lipinski definition) is 2. The summed E-state index contributed by atoms with van der Waals surface area (Å²) in [5.74, 6) is -0.994. The Morgan fingerprint density at radius 2 is 1.79 bits per heavy atom. The molecule has 2 atom stereocenters. The zero-order valence-electron chi connectivity index (χ0n) is 11.0. The molecule has 1 aromatic heterocycles. The maximum absolute atomic E-state index is 13.7. The summed E-state index contributed by atoms with van der Waals surface area (Å²) in [6.07, 6.45) is 0.859. The molecule has 2 rings (SSSR count). The molecule has 0 fully saturated rings. The van der Waals surface area contributed by atoms with Crippen molar-refractivity contribution in [2.24, 2.45) is 0 Å². The molecule has 0 aliphatic heterocycles. The molecule has 102 valence electrons. The molecule has 0 aliphatic carbocycles. The van der Waals surface area contributed by atoms with Crippen LogP contribution in [0.5, 0.6) is 0 Å². The number of benzene rings is 1. The molecule has 4 heteroatoms. The van der Waals surface area contributed by atoms with Crippen molar-refractivity contribution in [2.45, 2.75) is 32.4 Å². The van der Waals surface area contributed by atoms with Gasteiger partial charge in [-0.05, 0) is 43.8 Å². The summed E-state index contributed by atoms with van der Waals surface area (Å²) in [5, 5.41) is 5.27. The minimum atomic E-state index is -0.497. The zero-order valence-corrected chi connectivity index (χ0v) is 11.8. The van der Waals surface area contributed by atoms with E-state index in [4.69, 9.17) is 0 Å². The Kier molecular flexibility index (Phi) is 4.66. The normalized spacial score (nSPS) is 14.3. The van der Waals surface area contributed by atoms with E-state index >= 15 is 0 Å². The van der Waals surface area contributed by atoms with Crippen molar-refractivity contribution >= 4 is 11.3 Å². The Morgan fingerprint density at radius 1 is 1.11 bits per heavy atom. The van der Waals surface area contributed by atoms with E-state index in [-0.39, 0.29) is 17.6 Å². The summed E-state index contributed by atoms with van der Waals surface area (Å²) in [6, 6.07) is 7.85. The van der Waals surface area contributed by atoms with Crippen LogP contribution in [0.2, 0.25) is 0 Å². The maximum Gasteiger partial charge on any atom is 0.130 e. The minimum Gasteiger partial charge on any atom is -0.307 e. The molecule has 0 bridgehead atoms. The van der Waals surface area contributed by atoms with E-state index in [2.05, 4.69) is 11.4 Å². The van der Waals surface area contributed by atoms with Gasteiger partial charge in [-0.15, -0.1) is 11.3 Å². The van der Waals surface area contributed by atoms with Gasteiger partial charge in [-0.3, -0.25) is 0 Å². The van der Waals surface area contributed by atoms with Crippen LogP contribution >= 0.6 is 11.3 Å². The van der Waals surface area contributed by atoms with E-state index in [1.165, 1.54) is 23.1 Å². The van der Waals surface area contributed by atoms with Gasteiger partial charge in [0.25, 0.3) is 0 Å². The third-order valence-corrected chi connectivity index (χ3v) is 3.95. The second kappa shape index (κ2) is 6.26. The molecule has 2 aromatic rings. The number of hydrogen-bond donors (Lipinski definition) is 1. The molecule has 0 radical (unpaired) electrons. The third kappa shape index (κ3) is 3.61. The van der Waals surface area contributed by atoms with Gasteiger partial charge < -0.3 is 5.32 Å². The fraction of sp³-hybridized carbons (Fsp3) is 0.333. The molecule has 0 saturated carbocycles. The SMILES string of the molecule is CC(Cc1cccs1)NC(C)c1c(F)cccc1F. The molecule has 1 heterocycles. The Labute approximate surface area is 116 Å². The second-order valence-electron chi connectivity index (χ2n) is 4.71. The van der Waals surface area contributed by atoms with Gasteiger partial charge >= 0.3 is 0 Å². The minimum absolute atomic E-state index is 0.112. The lowest BCUT2D eigenvalue weighted by Crippen LogP contribution is -2.31. The summed E-state index contributed by atoms with van der Waals surface area (Å²) < 4.78 is 27.3. The largest absolute Gasteiger partial charge is 0.307 e. The third-order valence-electron chi connectivity index (χ3n) is 3.05. The van der Waals surface area contributed by atoms with Gasteiger partial charge in [0.05, 0.1) is 0 Å². The van der Waals surface area contributed by atoms with Crippen molar-refractivity contribution < 1.29 is 8.78 Å². The first-order chi connectivity index (χ1) is 9.08. The highest BCUT2D eigenvalue weighted by Gasteiger charge is 2.17. The second-order valence-corrected chi connectivity index (χ2v) is 5.74. The van der Waals surface area contributed by atoms with E-state index in [1.54, 1.807) is 18.3 Å². The van der Waals surface area contributed by atoms with Crippen LogP contribution in [0.1, 0.15) is 30.3 Å². The van der Waals surface area contributed by atoms with Crippen molar-refractivity contribution in [3.63, 3.8) is 0 Å². The first kappa shape index (κ1) is 14.2. The maximum atomic E-state index is 13.7. The van der Waals surface area contributed by atoms with Gasteiger partial charge in [0, 0.05) is 22.5 Å². The van der Waals surface area contributed by atoms with E-state index < -0.39 is 11.6 Å². The predicted octanol–water partition coefficient (Wildman–Crippen LogP) is 4.31. The van der Waals surface area contributed by atoms with Crippen LogP contribution in [0.4, 0.5) is 8.78 Å². The molecular formula is C15H17F2NS. The van der Waals surface area contributed by atoms with Gasteiger partial charge in [-0.1, -0.05) is 12.1 Å². The molecule has 19 heavy (non-hydrogen) atoms. The summed E-state index contributed by atoms with van der Waals surface area (Å²) >= 11 is 1.69. The smallest absolute Gasteiger partial charge is 0.130 e. The average Bonchev–Trinajstić information content (AvgIpc) is 2.81. The topological polar surface area (TPSA) is 12.0 Å². The quantitative estimate of drug-likeness (QED) is 0.861. The lowest BCUT2D eigenvalue weighted by atomic mass is 10.1. The fourth-order valence-corrected chi connectivity index (χ4v) is 3.06. The van der Waals surface area contributed by atoms with Crippen LogP contribution in [0.3, 0.4) is 0 Å². The standard InChI is InChI=1S/C15H17F2NS/c1-10(9-12-5-4-8-19-12)18-11(2)15-13(16)6-3-7-14(15)17/h3-8,10-11,18H,9H2,1-2H3. The predicted molar refractivity (Wildman–Crippen MR) is 75.4 cm³/mol. The van der Waals surface area contributed by atoms with Gasteiger partial charge in [-0.2, -0.15) is 0 Å². The van der Waals surface area contributed by atoms with E-state index in [0.29, 0.717) is 0 Å². The van der Waals surface area contributed by atoms with E-state index in [0.717, 1.165) is 6.42 Å². The van der Waals surface area contributed by atoms with Gasteiger partial charge in [0.2, 0.25) is 0 Å². The van der Waals surface area contributed by atoms with Crippen LogP contribution in [-0.4, -0.2) is 6.04 Å². The number of rotatable bonds is 5. The fourth-order valence-electron chi connectivity index (χ4n) is 2.22. The van der Waals surface area contributed by atoms with Gasteiger partial charge in [0.1, 0.15) is 11.6 Å². The Hall–Kier alpha value is -1.26. The first-order valence-corrected chi connectivity index (χ1v) is 7.18. The van der Waals surface area contributed by atoms with Crippen molar-refractivity contribution in [3.8, 4) is 0 Å². The molecule has 1 nitrogen and oxygen atoms in total. The number of nitrogens with one attached hydrogen (secondary N) is 1. The van der Waals surface area contributed by atoms with E-state index in [1.807, 2.05) is 18.4 Å². The molecule has 1 aromatic carbocycles. The average molecular weight is 281 g/mol.